The number of nitrogens with one attached hydrogen (secondary N) is 1. The van der Waals surface area contributed by atoms with Crippen molar-refractivity contribution < 1.29 is 14.2 Å². The second-order valence-corrected chi connectivity index (χ2v) is 17.1. The van der Waals surface area contributed by atoms with Crippen molar-refractivity contribution in [3.8, 4) is 0 Å². The summed E-state index contributed by atoms with van der Waals surface area (Å²) < 4.78 is 20.4. The zero-order chi connectivity index (χ0) is 34.4. The highest BCUT2D eigenvalue weighted by Gasteiger charge is 2.66. The summed E-state index contributed by atoms with van der Waals surface area (Å²) in [6, 6.07) is 0. The molecule has 0 heterocycles. The van der Waals surface area contributed by atoms with Crippen LogP contribution >= 0.6 is 0 Å². The lowest BCUT2D eigenvalue weighted by Crippen LogP contribution is -2.63. The molecule has 282 valence electrons. The number of nitrogens with two attached hydrogens (primary N) is 3. The van der Waals surface area contributed by atoms with E-state index in [1.165, 1.54) is 96.4 Å². The first-order valence-corrected chi connectivity index (χ1v) is 21.0. The van der Waals surface area contributed by atoms with E-state index in [1.807, 2.05) is 0 Å². The molecule has 0 aromatic rings. The number of rotatable bonds is 24. The van der Waals surface area contributed by atoms with Gasteiger partial charge < -0.3 is 36.7 Å². The third-order valence-corrected chi connectivity index (χ3v) is 14.2. The van der Waals surface area contributed by atoms with Crippen LogP contribution in [0.5, 0.6) is 0 Å². The quantitative estimate of drug-likeness (QED) is 0.0786. The van der Waals surface area contributed by atoms with E-state index in [0.29, 0.717) is 78.9 Å². The molecule has 0 saturated heterocycles. The van der Waals surface area contributed by atoms with E-state index in [-0.39, 0.29) is 5.41 Å². The van der Waals surface area contributed by atoms with Gasteiger partial charge in [-0.05, 0) is 157 Å². The Labute approximate surface area is 296 Å². The fraction of sp³-hybridized carbons (Fsp3) is 1.00. The van der Waals surface area contributed by atoms with Crippen molar-refractivity contribution in [3.63, 3.8) is 0 Å². The van der Waals surface area contributed by atoms with E-state index >= 15 is 0 Å². The minimum absolute atomic E-state index is 0.183. The molecule has 4 fully saturated rings. The Kier molecular flexibility index (Phi) is 17.4. The maximum absolute atomic E-state index is 7.03. The third-order valence-electron chi connectivity index (χ3n) is 14.2. The van der Waals surface area contributed by atoms with Crippen molar-refractivity contribution in [1.82, 2.24) is 5.32 Å². The normalized spacial score (nSPS) is 36.8. The van der Waals surface area contributed by atoms with Gasteiger partial charge in [-0.15, -0.1) is 0 Å². The molecule has 0 aromatic carbocycles. The van der Waals surface area contributed by atoms with Crippen LogP contribution in [0.15, 0.2) is 0 Å². The van der Waals surface area contributed by atoms with Crippen LogP contribution < -0.4 is 22.5 Å². The number of unbranched alkanes of at least 4 members (excludes halogenated alkanes) is 5. The number of fused-ring (bicyclic) bond motifs is 5. The van der Waals surface area contributed by atoms with E-state index in [4.69, 9.17) is 31.4 Å². The Bertz CT molecular complexity index is 879. The highest BCUT2D eigenvalue weighted by atomic mass is 16.5. The summed E-state index contributed by atoms with van der Waals surface area (Å²) in [6.07, 6.45) is 23.2. The lowest BCUT2D eigenvalue weighted by molar-refractivity contribution is -0.227. The molecule has 0 bridgehead atoms. The molecule has 48 heavy (non-hydrogen) atoms. The summed E-state index contributed by atoms with van der Waals surface area (Å²) in [5.74, 6) is 3.92. The van der Waals surface area contributed by atoms with Gasteiger partial charge in [-0.2, -0.15) is 0 Å². The highest BCUT2D eigenvalue weighted by Crippen LogP contribution is 2.69. The van der Waals surface area contributed by atoms with Gasteiger partial charge >= 0.3 is 0 Å². The summed E-state index contributed by atoms with van der Waals surface area (Å²) in [6.45, 7) is 17.0. The van der Waals surface area contributed by atoms with Crippen LogP contribution in [0.3, 0.4) is 0 Å². The molecule has 0 aromatic heterocycles. The summed E-state index contributed by atoms with van der Waals surface area (Å²) in [7, 11) is 0. The van der Waals surface area contributed by atoms with E-state index < -0.39 is 0 Å². The van der Waals surface area contributed by atoms with Gasteiger partial charge in [0.2, 0.25) is 0 Å². The number of ether oxygens (including phenoxy) is 3. The maximum atomic E-state index is 7.03. The van der Waals surface area contributed by atoms with E-state index in [9.17, 15) is 0 Å². The monoisotopic (exact) mass is 677 g/mol. The molecule has 1 unspecified atom stereocenters. The Balaban J connectivity index is 1.46. The van der Waals surface area contributed by atoms with Gasteiger partial charge in [0.1, 0.15) is 0 Å². The van der Waals surface area contributed by atoms with Crippen molar-refractivity contribution in [2.75, 3.05) is 52.5 Å². The SMILES string of the molecule is CCCCCCCCNCCC[C@@H](C)[C@H]1CC[C@H]2[C@@H]3[C@H](OCCCN)C[C@@H]4C[C@H](OCCCN)CC[C@]4(C)[C@H]3C[C@H](OCCCN)C12C. The molecule has 4 saturated carbocycles. The van der Waals surface area contributed by atoms with Gasteiger partial charge in [0.25, 0.3) is 0 Å². The van der Waals surface area contributed by atoms with Crippen LogP contribution in [0.1, 0.15) is 143 Å². The predicted octanol–water partition coefficient (Wildman–Crippen LogP) is 7.43. The molecule has 0 spiro atoms. The molecule has 4 aliphatic rings. The van der Waals surface area contributed by atoms with Crippen LogP contribution in [0, 0.1) is 46.3 Å². The first kappa shape index (κ1) is 40.5. The average molecular weight is 677 g/mol. The van der Waals surface area contributed by atoms with Gasteiger partial charge in [0, 0.05) is 25.2 Å². The molecule has 7 heteroatoms. The van der Waals surface area contributed by atoms with Crippen LogP contribution in [0.4, 0.5) is 0 Å². The molecule has 0 aliphatic heterocycles. The van der Waals surface area contributed by atoms with Crippen molar-refractivity contribution in [1.29, 1.82) is 0 Å². The van der Waals surface area contributed by atoms with Gasteiger partial charge in [-0.3, -0.25) is 0 Å². The average Bonchev–Trinajstić information content (AvgIpc) is 3.44. The van der Waals surface area contributed by atoms with Crippen molar-refractivity contribution in [3.05, 3.63) is 0 Å². The van der Waals surface area contributed by atoms with Gasteiger partial charge in [-0.1, -0.05) is 59.8 Å². The van der Waals surface area contributed by atoms with Crippen LogP contribution in [0.25, 0.3) is 0 Å². The summed E-state index contributed by atoms with van der Waals surface area (Å²) in [5, 5.41) is 3.77. The van der Waals surface area contributed by atoms with Gasteiger partial charge in [-0.25, -0.2) is 0 Å². The Morgan fingerprint density at radius 1 is 0.708 bits per heavy atom. The second-order valence-electron chi connectivity index (χ2n) is 17.1. The fourth-order valence-corrected chi connectivity index (χ4v) is 11.5. The first-order chi connectivity index (χ1) is 23.3. The summed E-state index contributed by atoms with van der Waals surface area (Å²) >= 11 is 0. The molecular weight excluding hydrogens is 596 g/mol. The van der Waals surface area contributed by atoms with Crippen molar-refractivity contribution in [2.45, 2.75) is 162 Å². The van der Waals surface area contributed by atoms with Crippen LogP contribution in [-0.2, 0) is 14.2 Å². The van der Waals surface area contributed by atoms with Crippen LogP contribution in [0.2, 0.25) is 0 Å². The van der Waals surface area contributed by atoms with Crippen LogP contribution in [-0.4, -0.2) is 70.9 Å². The molecule has 11 atom stereocenters. The van der Waals surface area contributed by atoms with Gasteiger partial charge in [0.05, 0.1) is 18.3 Å². The molecule has 4 rings (SSSR count). The zero-order valence-electron chi connectivity index (χ0n) is 32.0. The first-order valence-electron chi connectivity index (χ1n) is 21.0. The predicted molar refractivity (Wildman–Crippen MR) is 201 cm³/mol. The minimum atomic E-state index is 0.183. The topological polar surface area (TPSA) is 118 Å². The third kappa shape index (κ3) is 9.98. The van der Waals surface area contributed by atoms with Crippen molar-refractivity contribution in [2.24, 2.45) is 63.5 Å². The van der Waals surface area contributed by atoms with Crippen molar-refractivity contribution >= 4 is 0 Å². The summed E-state index contributed by atoms with van der Waals surface area (Å²) in [5.41, 5.74) is 18.3. The Morgan fingerprint density at radius 3 is 2.10 bits per heavy atom. The molecule has 7 N–H and O–H groups in total. The van der Waals surface area contributed by atoms with E-state index in [1.54, 1.807) is 0 Å². The maximum Gasteiger partial charge on any atom is 0.0637 e. The lowest BCUT2D eigenvalue weighted by Gasteiger charge is -2.65. The molecule has 4 aliphatic carbocycles. The zero-order valence-corrected chi connectivity index (χ0v) is 32.0. The molecule has 0 amide bonds. The number of hydrogen-bond acceptors (Lipinski definition) is 7. The second kappa shape index (κ2) is 20.7. The fourth-order valence-electron chi connectivity index (χ4n) is 11.5. The number of hydrogen-bond donors (Lipinski definition) is 4. The standard InChI is InChI=1S/C41H80N4O3/c1-5-6-7-8-9-10-23-45-24-11-15-31(2)34-16-17-35-39-36(30-38(41(34,35)4)48-27-14-22-44)40(3)19-18-33(46-25-12-20-42)28-32(40)29-37(39)47-26-13-21-43/h31-39,45H,5-30,42-44H2,1-4H3/t31-,32+,33-,34-,35+,36+,37-,38+,39+,40+,41?/m1/s1. The molecule has 0 radical (unpaired) electrons. The van der Waals surface area contributed by atoms with E-state index in [0.717, 1.165) is 52.0 Å². The largest absolute Gasteiger partial charge is 0.378 e. The summed E-state index contributed by atoms with van der Waals surface area (Å²) in [4.78, 5) is 0. The lowest BCUT2D eigenvalue weighted by atomic mass is 9.43. The van der Waals surface area contributed by atoms with Gasteiger partial charge in [0.15, 0.2) is 0 Å². The van der Waals surface area contributed by atoms with E-state index in [2.05, 4.69) is 33.0 Å². The Morgan fingerprint density at radius 2 is 1.38 bits per heavy atom. The molecular formula is C41H80N4O3. The minimum Gasteiger partial charge on any atom is -0.378 e. The molecule has 7 nitrogen and oxygen atoms in total. The highest BCUT2D eigenvalue weighted by molar-refractivity contribution is 5.15. The smallest absolute Gasteiger partial charge is 0.0637 e. The Hall–Kier alpha value is -0.280.